The van der Waals surface area contributed by atoms with Gasteiger partial charge in [0, 0.05) is 17.3 Å². The van der Waals surface area contributed by atoms with E-state index in [-0.39, 0.29) is 10.9 Å². The second kappa shape index (κ2) is 5.05. The monoisotopic (exact) mass is 283 g/mol. The number of hydrogen-bond acceptors (Lipinski definition) is 5. The summed E-state index contributed by atoms with van der Waals surface area (Å²) in [7, 11) is -3.57. The Morgan fingerprint density at radius 1 is 1.44 bits per heavy atom. The predicted molar refractivity (Wildman–Crippen MR) is 71.7 cm³/mol. The Bertz CT molecular complexity index is 623. The van der Waals surface area contributed by atoms with Crippen molar-refractivity contribution in [2.24, 2.45) is 0 Å². The summed E-state index contributed by atoms with van der Waals surface area (Å²) in [6, 6.07) is 5.82. The molecule has 5 nitrogen and oxygen atoms in total. The first kappa shape index (κ1) is 13.0. The molecule has 0 aliphatic heterocycles. The van der Waals surface area contributed by atoms with Gasteiger partial charge in [-0.25, -0.2) is 18.1 Å². The second-order valence-electron chi connectivity index (χ2n) is 3.79. The van der Waals surface area contributed by atoms with Crippen molar-refractivity contribution in [1.82, 2.24) is 9.71 Å². The van der Waals surface area contributed by atoms with E-state index >= 15 is 0 Å². The van der Waals surface area contributed by atoms with Gasteiger partial charge < -0.3 is 5.73 Å². The minimum atomic E-state index is -3.57. The van der Waals surface area contributed by atoms with Crippen molar-refractivity contribution in [3.05, 3.63) is 40.8 Å². The Hall–Kier alpha value is -1.44. The van der Waals surface area contributed by atoms with Gasteiger partial charge in [0.05, 0.1) is 10.9 Å². The van der Waals surface area contributed by atoms with Gasteiger partial charge in [-0.1, -0.05) is 6.07 Å². The lowest BCUT2D eigenvalue weighted by atomic mass is 10.3. The molecule has 2 aromatic rings. The van der Waals surface area contributed by atoms with Gasteiger partial charge >= 0.3 is 0 Å². The highest BCUT2D eigenvalue weighted by Gasteiger charge is 2.19. The van der Waals surface area contributed by atoms with E-state index in [1.165, 1.54) is 23.5 Å². The van der Waals surface area contributed by atoms with Gasteiger partial charge in [-0.3, -0.25) is 0 Å². The molecule has 1 atom stereocenters. The molecule has 0 spiro atoms. The SMILES string of the molecule is CC(NS(=O)(=O)c1cccc(N)c1)c1nccs1. The first-order valence-electron chi connectivity index (χ1n) is 5.26. The van der Waals surface area contributed by atoms with Gasteiger partial charge in [0.1, 0.15) is 5.01 Å². The highest BCUT2D eigenvalue weighted by Crippen LogP contribution is 2.19. The molecule has 0 bridgehead atoms. The Balaban J connectivity index is 2.22. The van der Waals surface area contributed by atoms with Gasteiger partial charge in [0.15, 0.2) is 0 Å². The molecular formula is C11H13N3O2S2. The lowest BCUT2D eigenvalue weighted by Gasteiger charge is -2.12. The first-order valence-corrected chi connectivity index (χ1v) is 7.62. The molecule has 0 aliphatic rings. The summed E-state index contributed by atoms with van der Waals surface area (Å²) in [6.07, 6.45) is 1.64. The van der Waals surface area contributed by atoms with Gasteiger partial charge in [-0.05, 0) is 25.1 Å². The molecule has 0 saturated carbocycles. The summed E-state index contributed by atoms with van der Waals surface area (Å²) in [6.45, 7) is 1.75. The zero-order chi connectivity index (χ0) is 13.2. The van der Waals surface area contributed by atoms with Crippen LogP contribution >= 0.6 is 11.3 Å². The van der Waals surface area contributed by atoms with E-state index in [0.717, 1.165) is 5.01 Å². The quantitative estimate of drug-likeness (QED) is 0.837. The van der Waals surface area contributed by atoms with Crippen LogP contribution in [0.1, 0.15) is 18.0 Å². The van der Waals surface area contributed by atoms with Gasteiger partial charge in [0.25, 0.3) is 0 Å². The van der Waals surface area contributed by atoms with E-state index in [4.69, 9.17) is 5.73 Å². The smallest absolute Gasteiger partial charge is 0.241 e. The van der Waals surface area contributed by atoms with Crippen LogP contribution in [0.15, 0.2) is 40.7 Å². The summed E-state index contributed by atoms with van der Waals surface area (Å²) in [4.78, 5) is 4.24. The normalized spacial score (nSPS) is 13.4. The number of nitrogens with two attached hydrogens (primary N) is 1. The highest BCUT2D eigenvalue weighted by molar-refractivity contribution is 7.89. The summed E-state index contributed by atoms with van der Waals surface area (Å²) in [5.41, 5.74) is 5.99. The Kier molecular flexibility index (Phi) is 3.65. The largest absolute Gasteiger partial charge is 0.399 e. The second-order valence-corrected chi connectivity index (χ2v) is 6.43. The van der Waals surface area contributed by atoms with Crippen LogP contribution < -0.4 is 10.5 Å². The van der Waals surface area contributed by atoms with E-state index in [1.807, 2.05) is 0 Å². The molecule has 0 amide bonds. The number of benzene rings is 1. The van der Waals surface area contributed by atoms with Crippen molar-refractivity contribution in [2.75, 3.05) is 5.73 Å². The fourth-order valence-corrected chi connectivity index (χ4v) is 3.46. The Labute approximate surface area is 110 Å². The van der Waals surface area contributed by atoms with Crippen LogP contribution in [0.2, 0.25) is 0 Å². The highest BCUT2D eigenvalue weighted by atomic mass is 32.2. The predicted octanol–water partition coefficient (Wildman–Crippen LogP) is 1.76. The molecule has 0 fully saturated rings. The number of rotatable bonds is 4. The maximum Gasteiger partial charge on any atom is 0.241 e. The summed E-state index contributed by atoms with van der Waals surface area (Å²) < 4.78 is 26.8. The zero-order valence-corrected chi connectivity index (χ0v) is 11.3. The van der Waals surface area contributed by atoms with E-state index in [1.54, 1.807) is 30.6 Å². The third-order valence-electron chi connectivity index (χ3n) is 2.32. The molecule has 96 valence electrons. The van der Waals surface area contributed by atoms with Crippen LogP contribution in [-0.4, -0.2) is 13.4 Å². The maximum absolute atomic E-state index is 12.1. The standard InChI is InChI=1S/C11H13N3O2S2/c1-8(11-13-5-6-17-11)14-18(15,16)10-4-2-3-9(12)7-10/h2-8,14H,12H2,1H3. The number of hydrogen-bond donors (Lipinski definition) is 2. The number of nitrogen functional groups attached to an aromatic ring is 1. The van der Waals surface area contributed by atoms with Crippen molar-refractivity contribution in [3.63, 3.8) is 0 Å². The van der Waals surface area contributed by atoms with Crippen molar-refractivity contribution in [3.8, 4) is 0 Å². The molecule has 7 heteroatoms. The average Bonchev–Trinajstić information content (AvgIpc) is 2.82. The van der Waals surface area contributed by atoms with Crippen molar-refractivity contribution in [1.29, 1.82) is 0 Å². The lowest BCUT2D eigenvalue weighted by molar-refractivity contribution is 0.566. The third-order valence-corrected chi connectivity index (χ3v) is 4.82. The van der Waals surface area contributed by atoms with E-state index < -0.39 is 10.0 Å². The van der Waals surface area contributed by atoms with Crippen LogP contribution in [0.3, 0.4) is 0 Å². The third kappa shape index (κ3) is 2.87. The van der Waals surface area contributed by atoms with Gasteiger partial charge in [-0.15, -0.1) is 11.3 Å². The molecule has 0 radical (unpaired) electrons. The first-order chi connectivity index (χ1) is 8.49. The number of thiazole rings is 1. The molecule has 0 saturated heterocycles. The fraction of sp³-hybridized carbons (Fsp3) is 0.182. The van der Waals surface area contributed by atoms with Gasteiger partial charge in [0.2, 0.25) is 10.0 Å². The summed E-state index contributed by atoms with van der Waals surface area (Å²) in [5.74, 6) is 0. The molecule has 0 aliphatic carbocycles. The molecule has 1 unspecified atom stereocenters. The van der Waals surface area contributed by atoms with Crippen LogP contribution in [0.4, 0.5) is 5.69 Å². The Morgan fingerprint density at radius 3 is 2.83 bits per heavy atom. The molecule has 1 heterocycles. The summed E-state index contributed by atoms with van der Waals surface area (Å²) in [5, 5.41) is 2.53. The molecule has 1 aromatic carbocycles. The summed E-state index contributed by atoms with van der Waals surface area (Å²) >= 11 is 1.41. The average molecular weight is 283 g/mol. The van der Waals surface area contributed by atoms with Crippen LogP contribution in [0, 0.1) is 0 Å². The van der Waals surface area contributed by atoms with Crippen LogP contribution in [0.5, 0.6) is 0 Å². The molecule has 18 heavy (non-hydrogen) atoms. The minimum absolute atomic E-state index is 0.158. The topological polar surface area (TPSA) is 85.1 Å². The Morgan fingerprint density at radius 2 is 2.22 bits per heavy atom. The van der Waals surface area contributed by atoms with Crippen molar-refractivity contribution >= 4 is 27.0 Å². The van der Waals surface area contributed by atoms with E-state index in [2.05, 4.69) is 9.71 Å². The number of aromatic nitrogens is 1. The number of nitrogens with zero attached hydrogens (tertiary/aromatic N) is 1. The zero-order valence-electron chi connectivity index (χ0n) is 9.70. The number of anilines is 1. The molecular weight excluding hydrogens is 270 g/mol. The van der Waals surface area contributed by atoms with E-state index in [0.29, 0.717) is 5.69 Å². The van der Waals surface area contributed by atoms with Crippen LogP contribution in [-0.2, 0) is 10.0 Å². The van der Waals surface area contributed by atoms with E-state index in [9.17, 15) is 8.42 Å². The van der Waals surface area contributed by atoms with Crippen LogP contribution in [0.25, 0.3) is 0 Å². The van der Waals surface area contributed by atoms with Crippen molar-refractivity contribution < 1.29 is 8.42 Å². The lowest BCUT2D eigenvalue weighted by Crippen LogP contribution is -2.26. The molecule has 2 rings (SSSR count). The van der Waals surface area contributed by atoms with Gasteiger partial charge in [-0.2, -0.15) is 0 Å². The number of sulfonamides is 1. The molecule has 1 aromatic heterocycles. The number of nitrogens with one attached hydrogen (secondary N) is 1. The van der Waals surface area contributed by atoms with Crippen molar-refractivity contribution in [2.45, 2.75) is 17.9 Å². The minimum Gasteiger partial charge on any atom is -0.399 e. The fourth-order valence-electron chi connectivity index (χ4n) is 1.48. The maximum atomic E-state index is 12.1. The molecule has 3 N–H and O–H groups in total.